The molecule has 0 fully saturated rings. The molecule has 0 aliphatic carbocycles. The van der Waals surface area contributed by atoms with Gasteiger partial charge in [0.1, 0.15) is 6.61 Å². The number of ether oxygens (including phenoxy) is 1. The minimum Gasteiger partial charge on any atom is -0.456 e. The first-order chi connectivity index (χ1) is 11.3. The van der Waals surface area contributed by atoms with Gasteiger partial charge in [0.25, 0.3) is 0 Å². The van der Waals surface area contributed by atoms with Crippen LogP contribution in [0.15, 0.2) is 60.7 Å². The summed E-state index contributed by atoms with van der Waals surface area (Å²) in [6.07, 6.45) is 0.749. The van der Waals surface area contributed by atoms with Crippen molar-refractivity contribution in [1.82, 2.24) is 4.90 Å². The van der Waals surface area contributed by atoms with E-state index in [-0.39, 0.29) is 6.61 Å². The molecule has 5 nitrogen and oxygen atoms in total. The Morgan fingerprint density at radius 2 is 1.52 bits per heavy atom. The van der Waals surface area contributed by atoms with Crippen molar-refractivity contribution in [2.24, 2.45) is 0 Å². The van der Waals surface area contributed by atoms with E-state index in [2.05, 4.69) is 34.0 Å². The van der Waals surface area contributed by atoms with Crippen LogP contribution in [-0.4, -0.2) is 35.0 Å². The fraction of sp³-hybridized carbons (Fsp3) is 0.222. The molecule has 0 saturated heterocycles. The predicted octanol–water partition coefficient (Wildman–Crippen LogP) is 2.53. The van der Waals surface area contributed by atoms with Crippen molar-refractivity contribution in [2.75, 3.05) is 13.2 Å². The number of nitrogens with zero attached hydrogens (tertiary/aromatic N) is 3. The van der Waals surface area contributed by atoms with E-state index in [1.54, 1.807) is 0 Å². The molecule has 5 heteroatoms. The van der Waals surface area contributed by atoms with Gasteiger partial charge in [0.05, 0.1) is 0 Å². The number of esters is 1. The standard InChI is InChI=1S/C18H19N3O2/c19-20-13-18(22)23-12-11-21(14-16-7-3-1-4-8-16)15-17-9-5-2-6-10-17/h1-10,13H,11-12,14-15H2. The van der Waals surface area contributed by atoms with Gasteiger partial charge in [-0.25, -0.2) is 4.79 Å². The molecule has 0 bridgehead atoms. The third kappa shape index (κ3) is 6.26. The first kappa shape index (κ1) is 16.6. The van der Waals surface area contributed by atoms with Crippen molar-refractivity contribution in [1.29, 1.82) is 0 Å². The molecule has 0 aliphatic heterocycles. The summed E-state index contributed by atoms with van der Waals surface area (Å²) < 4.78 is 5.00. The Morgan fingerprint density at radius 3 is 2.00 bits per heavy atom. The fourth-order valence-corrected chi connectivity index (χ4v) is 2.26. The van der Waals surface area contributed by atoms with Crippen LogP contribution in [-0.2, 0) is 22.6 Å². The lowest BCUT2D eigenvalue weighted by Gasteiger charge is -2.22. The molecule has 118 valence electrons. The van der Waals surface area contributed by atoms with E-state index >= 15 is 0 Å². The molecule has 0 aromatic heterocycles. The van der Waals surface area contributed by atoms with Crippen LogP contribution in [0.1, 0.15) is 11.1 Å². The number of hydrogen-bond donors (Lipinski definition) is 0. The maximum atomic E-state index is 11.2. The molecule has 0 aliphatic rings. The monoisotopic (exact) mass is 309 g/mol. The third-order valence-corrected chi connectivity index (χ3v) is 3.31. The topological polar surface area (TPSA) is 65.9 Å². The highest BCUT2D eigenvalue weighted by Crippen LogP contribution is 2.09. The van der Waals surface area contributed by atoms with Gasteiger partial charge in [-0.2, -0.15) is 4.79 Å². The molecule has 0 unspecified atom stereocenters. The molecule has 0 amide bonds. The average molecular weight is 309 g/mol. The molecule has 2 rings (SSSR count). The summed E-state index contributed by atoms with van der Waals surface area (Å²) in [4.78, 5) is 16.0. The van der Waals surface area contributed by atoms with E-state index in [9.17, 15) is 4.79 Å². The summed E-state index contributed by atoms with van der Waals surface area (Å²) in [6, 6.07) is 20.3. The number of carbonyl (C=O) groups excluding carboxylic acids is 1. The van der Waals surface area contributed by atoms with Gasteiger partial charge >= 0.3 is 12.2 Å². The third-order valence-electron chi connectivity index (χ3n) is 3.31. The summed E-state index contributed by atoms with van der Waals surface area (Å²) in [5.74, 6) is -0.646. The van der Waals surface area contributed by atoms with Crippen molar-refractivity contribution in [2.45, 2.75) is 13.1 Å². The molecule has 0 atom stereocenters. The molecule has 0 radical (unpaired) electrons. The molecular formula is C18H19N3O2. The van der Waals surface area contributed by atoms with Crippen LogP contribution in [0.3, 0.4) is 0 Å². The van der Waals surface area contributed by atoms with Crippen molar-refractivity contribution in [3.05, 3.63) is 77.3 Å². The summed E-state index contributed by atoms with van der Waals surface area (Å²) in [6.45, 7) is 2.36. The minimum absolute atomic E-state index is 0.241. The second-order valence-corrected chi connectivity index (χ2v) is 5.09. The largest absolute Gasteiger partial charge is 0.456 e. The van der Waals surface area contributed by atoms with Crippen LogP contribution in [0.25, 0.3) is 5.53 Å². The summed E-state index contributed by atoms with van der Waals surface area (Å²) in [5, 5.41) is 0. The molecule has 0 heterocycles. The van der Waals surface area contributed by atoms with Crippen LogP contribution in [0.5, 0.6) is 0 Å². The number of hydrogen-bond acceptors (Lipinski definition) is 3. The zero-order chi connectivity index (χ0) is 16.3. The van der Waals surface area contributed by atoms with Crippen LogP contribution in [0.4, 0.5) is 0 Å². The number of rotatable bonds is 8. The molecule has 0 saturated carbocycles. The van der Waals surface area contributed by atoms with Gasteiger partial charge in [-0.1, -0.05) is 60.7 Å². The summed E-state index contributed by atoms with van der Waals surface area (Å²) in [5.41, 5.74) is 10.7. The van der Waals surface area contributed by atoms with Gasteiger partial charge in [0.2, 0.25) is 0 Å². The zero-order valence-corrected chi connectivity index (χ0v) is 12.8. The van der Waals surface area contributed by atoms with Crippen LogP contribution in [0, 0.1) is 0 Å². The molecular weight excluding hydrogens is 290 g/mol. The SMILES string of the molecule is [N-]=[N+]=CC(=O)OCCN(Cc1ccccc1)Cc1ccccc1. The Bertz CT molecular complexity index is 611. The lowest BCUT2D eigenvalue weighted by molar-refractivity contribution is -0.139. The number of benzene rings is 2. The van der Waals surface area contributed by atoms with Crippen molar-refractivity contribution >= 4 is 12.2 Å². The molecule has 0 spiro atoms. The van der Waals surface area contributed by atoms with Crippen LogP contribution >= 0.6 is 0 Å². The lowest BCUT2D eigenvalue weighted by atomic mass is 10.1. The van der Waals surface area contributed by atoms with Gasteiger partial charge in [-0.15, -0.1) is 0 Å². The first-order valence-electron chi connectivity index (χ1n) is 7.42. The minimum atomic E-state index is -0.646. The van der Waals surface area contributed by atoms with E-state index in [0.29, 0.717) is 6.54 Å². The number of carbonyl (C=O) groups is 1. The van der Waals surface area contributed by atoms with Gasteiger partial charge in [0, 0.05) is 19.6 Å². The fourth-order valence-electron chi connectivity index (χ4n) is 2.26. The van der Waals surface area contributed by atoms with E-state index in [4.69, 9.17) is 10.3 Å². The normalized spacial score (nSPS) is 10.1. The Kier molecular flexibility index (Phi) is 6.72. The van der Waals surface area contributed by atoms with Crippen molar-refractivity contribution < 1.29 is 14.3 Å². The Morgan fingerprint density at radius 1 is 1.00 bits per heavy atom. The smallest absolute Gasteiger partial charge is 0.413 e. The van der Waals surface area contributed by atoms with Gasteiger partial charge in [-0.3, -0.25) is 4.90 Å². The van der Waals surface area contributed by atoms with Gasteiger partial charge in [0.15, 0.2) is 0 Å². The Labute approximate surface area is 135 Å². The quantitative estimate of drug-likeness (QED) is 0.326. The first-order valence-corrected chi connectivity index (χ1v) is 7.42. The highest BCUT2D eigenvalue weighted by atomic mass is 16.5. The molecule has 23 heavy (non-hydrogen) atoms. The average Bonchev–Trinajstić information content (AvgIpc) is 2.57. The molecule has 0 N–H and O–H groups in total. The Balaban J connectivity index is 1.96. The van der Waals surface area contributed by atoms with Gasteiger partial charge in [-0.05, 0) is 11.1 Å². The second kappa shape index (κ2) is 9.30. The molecule has 2 aromatic rings. The second-order valence-electron chi connectivity index (χ2n) is 5.09. The van der Waals surface area contributed by atoms with E-state index in [1.807, 2.05) is 36.4 Å². The maximum Gasteiger partial charge on any atom is 0.413 e. The maximum absolute atomic E-state index is 11.2. The summed E-state index contributed by atoms with van der Waals surface area (Å²) >= 11 is 0. The predicted molar refractivity (Wildman–Crippen MR) is 87.6 cm³/mol. The van der Waals surface area contributed by atoms with E-state index in [1.165, 1.54) is 11.1 Å². The van der Waals surface area contributed by atoms with E-state index in [0.717, 1.165) is 19.3 Å². The zero-order valence-electron chi connectivity index (χ0n) is 12.8. The van der Waals surface area contributed by atoms with Crippen molar-refractivity contribution in [3.8, 4) is 0 Å². The van der Waals surface area contributed by atoms with Gasteiger partial charge < -0.3 is 10.3 Å². The highest BCUT2D eigenvalue weighted by molar-refractivity contribution is 6.20. The van der Waals surface area contributed by atoms with Crippen LogP contribution in [0.2, 0.25) is 0 Å². The Hall–Kier alpha value is -2.75. The molecule has 2 aromatic carbocycles. The van der Waals surface area contributed by atoms with E-state index < -0.39 is 5.97 Å². The van der Waals surface area contributed by atoms with Crippen molar-refractivity contribution in [3.63, 3.8) is 0 Å². The lowest BCUT2D eigenvalue weighted by Crippen LogP contribution is -2.28. The summed E-state index contributed by atoms with van der Waals surface area (Å²) in [7, 11) is 0. The van der Waals surface area contributed by atoms with Crippen LogP contribution < -0.4 is 0 Å². The highest BCUT2D eigenvalue weighted by Gasteiger charge is 2.09.